The topological polar surface area (TPSA) is 51.7 Å². The monoisotopic (exact) mass is 134 g/mol. The lowest BCUT2D eigenvalue weighted by Gasteiger charge is -2.03. The van der Waals surface area contributed by atoms with Crippen molar-refractivity contribution in [2.75, 3.05) is 6.67 Å². The van der Waals surface area contributed by atoms with Crippen LogP contribution in [0.4, 0.5) is 4.39 Å². The Bertz CT molecular complexity index is 84.3. The van der Waals surface area contributed by atoms with Crippen LogP contribution in [-0.4, -0.2) is 12.7 Å². The summed E-state index contributed by atoms with van der Waals surface area (Å²) < 4.78 is 11.7. The third-order valence-corrected chi connectivity index (χ3v) is 0.813. The Labute approximate surface area is 54.1 Å². The zero-order valence-electron chi connectivity index (χ0n) is 5.52. The zero-order chi connectivity index (χ0) is 7.11. The van der Waals surface area contributed by atoms with Crippen molar-refractivity contribution in [2.45, 2.75) is 13.0 Å². The van der Waals surface area contributed by atoms with Gasteiger partial charge < -0.3 is 5.32 Å². The molecule has 0 bridgehead atoms. The third-order valence-electron chi connectivity index (χ3n) is 0.813. The molecule has 1 unspecified atom stereocenters. The van der Waals surface area contributed by atoms with Crippen molar-refractivity contribution >= 4 is 0 Å². The Morgan fingerprint density at radius 2 is 2.33 bits per heavy atom. The molecule has 0 aromatic heterocycles. The van der Waals surface area contributed by atoms with Crippen molar-refractivity contribution in [2.24, 2.45) is 0 Å². The van der Waals surface area contributed by atoms with Crippen molar-refractivity contribution in [1.29, 1.82) is 0 Å². The summed E-state index contributed by atoms with van der Waals surface area (Å²) >= 11 is 0. The van der Waals surface area contributed by atoms with E-state index in [1.165, 1.54) is 0 Å². The molecule has 0 heterocycles. The molecule has 0 amide bonds. The Kier molecular flexibility index (Phi) is 4.91. The largest absolute Gasteiger partial charge is 0.384 e. The maximum Gasteiger partial charge on any atom is 0.109 e. The summed E-state index contributed by atoms with van der Waals surface area (Å²) in [5.74, 6) is 3.34. The SMILES string of the molecule is CC(CF)NC=CN[NH3+]. The average Bonchev–Trinajstić information content (AvgIpc) is 1.89. The van der Waals surface area contributed by atoms with Crippen molar-refractivity contribution in [1.82, 2.24) is 10.7 Å². The molecule has 0 fully saturated rings. The molecule has 0 aliphatic carbocycles. The molecule has 0 saturated carbocycles. The number of rotatable bonds is 4. The molecular formula is C5H13FN3+. The number of hydrogen-bond donors (Lipinski definition) is 3. The van der Waals surface area contributed by atoms with E-state index in [4.69, 9.17) is 0 Å². The van der Waals surface area contributed by atoms with Gasteiger partial charge >= 0.3 is 0 Å². The van der Waals surface area contributed by atoms with Gasteiger partial charge in [0.25, 0.3) is 0 Å². The van der Waals surface area contributed by atoms with E-state index in [9.17, 15) is 4.39 Å². The van der Waals surface area contributed by atoms with E-state index in [1.54, 1.807) is 19.3 Å². The van der Waals surface area contributed by atoms with Gasteiger partial charge in [-0.05, 0) is 6.92 Å². The van der Waals surface area contributed by atoms with E-state index in [1.807, 2.05) is 0 Å². The second-order valence-corrected chi connectivity index (χ2v) is 1.76. The molecule has 1 atom stereocenters. The predicted octanol–water partition coefficient (Wildman–Crippen LogP) is -0.848. The number of nitrogens with one attached hydrogen (secondary N) is 2. The minimum Gasteiger partial charge on any atom is -0.384 e. The first kappa shape index (κ1) is 8.23. The molecule has 0 rings (SSSR count). The molecule has 4 heteroatoms. The van der Waals surface area contributed by atoms with Crippen molar-refractivity contribution in [3.63, 3.8) is 0 Å². The quantitative estimate of drug-likeness (QED) is 0.439. The van der Waals surface area contributed by atoms with Gasteiger partial charge in [0, 0.05) is 6.20 Å². The van der Waals surface area contributed by atoms with Crippen molar-refractivity contribution in [3.05, 3.63) is 12.4 Å². The highest BCUT2D eigenvalue weighted by atomic mass is 19.1. The number of halogens is 1. The molecule has 3 nitrogen and oxygen atoms in total. The highest BCUT2D eigenvalue weighted by Gasteiger charge is 1.92. The lowest BCUT2D eigenvalue weighted by Crippen LogP contribution is -2.61. The van der Waals surface area contributed by atoms with Gasteiger partial charge in [0.1, 0.15) is 6.67 Å². The van der Waals surface area contributed by atoms with Crippen LogP contribution in [0.1, 0.15) is 6.92 Å². The lowest BCUT2D eigenvalue weighted by molar-refractivity contribution is -0.428. The highest BCUT2D eigenvalue weighted by molar-refractivity contribution is 4.76. The van der Waals surface area contributed by atoms with Gasteiger partial charge in [-0.1, -0.05) is 0 Å². The fourth-order valence-corrected chi connectivity index (χ4v) is 0.316. The summed E-state index contributed by atoms with van der Waals surface area (Å²) in [5.41, 5.74) is 2.53. The van der Waals surface area contributed by atoms with Crippen LogP contribution >= 0.6 is 0 Å². The Morgan fingerprint density at radius 1 is 1.67 bits per heavy atom. The van der Waals surface area contributed by atoms with E-state index < -0.39 is 0 Å². The summed E-state index contributed by atoms with van der Waals surface area (Å²) in [4.78, 5) is 0. The predicted molar refractivity (Wildman–Crippen MR) is 33.7 cm³/mol. The highest BCUT2D eigenvalue weighted by Crippen LogP contribution is 1.79. The summed E-state index contributed by atoms with van der Waals surface area (Å²) in [6, 6.07) is -0.116. The molecule has 0 spiro atoms. The van der Waals surface area contributed by atoms with Gasteiger partial charge in [-0.2, -0.15) is 0 Å². The number of hydrogen-bond acceptors (Lipinski definition) is 2. The number of quaternary nitrogens is 1. The second-order valence-electron chi connectivity index (χ2n) is 1.76. The van der Waals surface area contributed by atoms with E-state index in [0.717, 1.165) is 0 Å². The Balaban J connectivity index is 3.15. The molecule has 0 radical (unpaired) electrons. The van der Waals surface area contributed by atoms with Gasteiger partial charge in [-0.15, -0.1) is 0 Å². The first-order valence-electron chi connectivity index (χ1n) is 2.81. The molecule has 0 aromatic carbocycles. The average molecular weight is 134 g/mol. The summed E-state index contributed by atoms with van der Waals surface area (Å²) in [6.07, 6.45) is 3.23. The van der Waals surface area contributed by atoms with Crippen LogP contribution in [0.5, 0.6) is 0 Å². The van der Waals surface area contributed by atoms with E-state index in [2.05, 4.69) is 16.6 Å². The smallest absolute Gasteiger partial charge is 0.109 e. The van der Waals surface area contributed by atoms with Crippen molar-refractivity contribution in [3.8, 4) is 0 Å². The normalized spacial score (nSPS) is 13.7. The molecule has 0 aliphatic heterocycles. The molecule has 9 heavy (non-hydrogen) atoms. The molecule has 0 aromatic rings. The van der Waals surface area contributed by atoms with Crippen LogP contribution < -0.4 is 16.6 Å². The molecule has 0 saturated heterocycles. The van der Waals surface area contributed by atoms with Gasteiger partial charge in [-0.3, -0.25) is 5.84 Å². The Morgan fingerprint density at radius 3 is 2.78 bits per heavy atom. The van der Waals surface area contributed by atoms with E-state index >= 15 is 0 Å². The lowest BCUT2D eigenvalue weighted by atomic mass is 10.4. The minimum absolute atomic E-state index is 0.116. The molecule has 5 N–H and O–H groups in total. The molecular weight excluding hydrogens is 121 g/mol. The summed E-state index contributed by atoms with van der Waals surface area (Å²) in [5, 5.41) is 2.78. The summed E-state index contributed by atoms with van der Waals surface area (Å²) in [6.45, 7) is 1.40. The minimum atomic E-state index is -0.360. The molecule has 54 valence electrons. The zero-order valence-corrected chi connectivity index (χ0v) is 5.52. The van der Waals surface area contributed by atoms with Crippen LogP contribution in [-0.2, 0) is 0 Å². The van der Waals surface area contributed by atoms with Gasteiger partial charge in [-0.25, -0.2) is 9.82 Å². The molecule has 0 aliphatic rings. The van der Waals surface area contributed by atoms with Gasteiger partial charge in [0.05, 0.1) is 12.2 Å². The first-order valence-corrected chi connectivity index (χ1v) is 2.81. The van der Waals surface area contributed by atoms with Crippen LogP contribution in [0.2, 0.25) is 0 Å². The number of alkyl halides is 1. The van der Waals surface area contributed by atoms with E-state index in [-0.39, 0.29) is 12.7 Å². The maximum absolute atomic E-state index is 11.7. The van der Waals surface area contributed by atoms with Crippen LogP contribution in [0.25, 0.3) is 0 Å². The van der Waals surface area contributed by atoms with Crippen LogP contribution in [0, 0.1) is 0 Å². The van der Waals surface area contributed by atoms with Gasteiger partial charge in [0.2, 0.25) is 0 Å². The standard InChI is InChI=1S/C5H12FN3/c1-5(4-6)8-2-3-9-7/h2-3,5,8-9H,4,7H2,1H3/p+1. The third kappa shape index (κ3) is 5.10. The Hall–Kier alpha value is -0.770. The maximum atomic E-state index is 11.7. The van der Waals surface area contributed by atoms with Gasteiger partial charge in [0.15, 0.2) is 0 Å². The van der Waals surface area contributed by atoms with Crippen LogP contribution in [0.3, 0.4) is 0 Å². The van der Waals surface area contributed by atoms with Crippen LogP contribution in [0.15, 0.2) is 12.4 Å². The first-order chi connectivity index (χ1) is 4.31. The fourth-order valence-electron chi connectivity index (χ4n) is 0.316. The second kappa shape index (κ2) is 5.37. The summed E-state index contributed by atoms with van der Waals surface area (Å²) in [7, 11) is 0. The fraction of sp³-hybridized carbons (Fsp3) is 0.600. The van der Waals surface area contributed by atoms with Crippen molar-refractivity contribution < 1.29 is 10.2 Å². The van der Waals surface area contributed by atoms with E-state index in [0.29, 0.717) is 0 Å².